The lowest BCUT2D eigenvalue weighted by Crippen LogP contribution is -2.04. The van der Waals surface area contributed by atoms with Crippen LogP contribution in [0.15, 0.2) is 28.7 Å². The van der Waals surface area contributed by atoms with Crippen molar-refractivity contribution in [1.29, 1.82) is 0 Å². The van der Waals surface area contributed by atoms with Crippen LogP contribution in [0.1, 0.15) is 69.8 Å². The SMILES string of the molecule is CCCCCCCCCC(CO)c1cccc(Br)c1. The van der Waals surface area contributed by atoms with Gasteiger partial charge in [-0.15, -0.1) is 0 Å². The van der Waals surface area contributed by atoms with E-state index in [1.54, 1.807) is 0 Å². The molecule has 19 heavy (non-hydrogen) atoms. The van der Waals surface area contributed by atoms with Crippen LogP contribution in [0.4, 0.5) is 0 Å². The first kappa shape index (κ1) is 16.7. The van der Waals surface area contributed by atoms with E-state index < -0.39 is 0 Å². The molecule has 1 unspecified atom stereocenters. The minimum atomic E-state index is 0.256. The molecule has 1 aromatic carbocycles. The van der Waals surface area contributed by atoms with E-state index in [-0.39, 0.29) is 6.61 Å². The Hall–Kier alpha value is -0.340. The van der Waals surface area contributed by atoms with Crippen LogP contribution >= 0.6 is 15.9 Å². The number of hydrogen-bond acceptors (Lipinski definition) is 1. The van der Waals surface area contributed by atoms with Gasteiger partial charge in [-0.25, -0.2) is 0 Å². The second-order valence-electron chi connectivity index (χ2n) is 5.34. The van der Waals surface area contributed by atoms with Gasteiger partial charge in [0.05, 0.1) is 0 Å². The average molecular weight is 327 g/mol. The maximum Gasteiger partial charge on any atom is 0.0499 e. The smallest absolute Gasteiger partial charge is 0.0499 e. The fraction of sp³-hybridized carbons (Fsp3) is 0.647. The number of rotatable bonds is 10. The van der Waals surface area contributed by atoms with Gasteiger partial charge in [-0.2, -0.15) is 0 Å². The van der Waals surface area contributed by atoms with Crippen molar-refractivity contribution in [2.75, 3.05) is 6.61 Å². The molecule has 0 aliphatic heterocycles. The van der Waals surface area contributed by atoms with Crippen LogP contribution in [0.2, 0.25) is 0 Å². The van der Waals surface area contributed by atoms with Crippen LogP contribution in [0.3, 0.4) is 0 Å². The molecule has 0 saturated carbocycles. The van der Waals surface area contributed by atoms with Crippen molar-refractivity contribution in [3.63, 3.8) is 0 Å². The van der Waals surface area contributed by atoms with Crippen LogP contribution in [-0.2, 0) is 0 Å². The van der Waals surface area contributed by atoms with Gasteiger partial charge in [-0.3, -0.25) is 0 Å². The first-order valence-electron chi connectivity index (χ1n) is 7.64. The average Bonchev–Trinajstić information content (AvgIpc) is 2.42. The maximum atomic E-state index is 9.53. The second kappa shape index (κ2) is 10.4. The summed E-state index contributed by atoms with van der Waals surface area (Å²) >= 11 is 3.50. The molecule has 0 amide bonds. The molecule has 1 nitrogen and oxygen atoms in total. The molecule has 2 heteroatoms. The largest absolute Gasteiger partial charge is 0.396 e. The Balaban J connectivity index is 2.22. The first-order valence-corrected chi connectivity index (χ1v) is 8.43. The van der Waals surface area contributed by atoms with E-state index >= 15 is 0 Å². The van der Waals surface area contributed by atoms with Crippen molar-refractivity contribution in [2.24, 2.45) is 0 Å². The van der Waals surface area contributed by atoms with Gasteiger partial charge in [0.1, 0.15) is 0 Å². The molecule has 1 N–H and O–H groups in total. The van der Waals surface area contributed by atoms with E-state index in [1.165, 1.54) is 50.5 Å². The standard InChI is InChI=1S/C17H27BrO/c1-2-3-4-5-6-7-8-10-16(14-19)15-11-9-12-17(18)13-15/h9,11-13,16,19H,2-8,10,14H2,1H3. The highest BCUT2D eigenvalue weighted by molar-refractivity contribution is 9.10. The summed E-state index contributed by atoms with van der Waals surface area (Å²) in [6.45, 7) is 2.51. The van der Waals surface area contributed by atoms with Crippen molar-refractivity contribution in [3.8, 4) is 0 Å². The van der Waals surface area contributed by atoms with Crippen LogP contribution in [-0.4, -0.2) is 11.7 Å². The van der Waals surface area contributed by atoms with Crippen LogP contribution in [0.5, 0.6) is 0 Å². The molecule has 1 aromatic rings. The Bertz CT molecular complexity index is 338. The van der Waals surface area contributed by atoms with E-state index in [2.05, 4.69) is 35.0 Å². The zero-order chi connectivity index (χ0) is 13.9. The second-order valence-corrected chi connectivity index (χ2v) is 6.26. The molecule has 0 saturated heterocycles. The third kappa shape index (κ3) is 7.12. The summed E-state index contributed by atoms with van der Waals surface area (Å²) < 4.78 is 1.10. The summed E-state index contributed by atoms with van der Waals surface area (Å²) in [6, 6.07) is 8.33. The number of aliphatic hydroxyl groups is 1. The van der Waals surface area contributed by atoms with E-state index in [4.69, 9.17) is 0 Å². The zero-order valence-electron chi connectivity index (χ0n) is 12.1. The van der Waals surface area contributed by atoms with Gasteiger partial charge in [-0.05, 0) is 24.1 Å². The van der Waals surface area contributed by atoms with Crippen LogP contribution in [0.25, 0.3) is 0 Å². The minimum absolute atomic E-state index is 0.256. The Morgan fingerprint density at radius 3 is 2.37 bits per heavy atom. The van der Waals surface area contributed by atoms with E-state index in [1.807, 2.05) is 12.1 Å². The Labute approximate surface area is 126 Å². The lowest BCUT2D eigenvalue weighted by molar-refractivity contribution is 0.256. The molecule has 0 heterocycles. The quantitative estimate of drug-likeness (QED) is 0.549. The third-order valence-electron chi connectivity index (χ3n) is 3.70. The third-order valence-corrected chi connectivity index (χ3v) is 4.19. The van der Waals surface area contributed by atoms with E-state index in [9.17, 15) is 5.11 Å². The molecular formula is C17H27BrO. The van der Waals surface area contributed by atoms with Crippen molar-refractivity contribution in [2.45, 2.75) is 64.2 Å². The number of aliphatic hydroxyl groups excluding tert-OH is 1. The van der Waals surface area contributed by atoms with Gasteiger partial charge in [0.25, 0.3) is 0 Å². The predicted octanol–water partition coefficient (Wildman–Crippen LogP) is 5.67. The highest BCUT2D eigenvalue weighted by atomic mass is 79.9. The molecule has 0 aromatic heterocycles. The minimum Gasteiger partial charge on any atom is -0.396 e. The summed E-state index contributed by atoms with van der Waals surface area (Å²) in [6.07, 6.45) is 10.4. The van der Waals surface area contributed by atoms with Gasteiger partial charge < -0.3 is 5.11 Å². The van der Waals surface area contributed by atoms with Crippen molar-refractivity contribution >= 4 is 15.9 Å². The monoisotopic (exact) mass is 326 g/mol. The van der Waals surface area contributed by atoms with Gasteiger partial charge in [0.15, 0.2) is 0 Å². The molecule has 0 fully saturated rings. The van der Waals surface area contributed by atoms with Crippen molar-refractivity contribution in [3.05, 3.63) is 34.3 Å². The Morgan fingerprint density at radius 1 is 1.05 bits per heavy atom. The summed E-state index contributed by atoms with van der Waals surface area (Å²) in [5.41, 5.74) is 1.25. The van der Waals surface area contributed by atoms with Gasteiger partial charge in [0.2, 0.25) is 0 Å². The lowest BCUT2D eigenvalue weighted by Gasteiger charge is -2.14. The number of halogens is 1. The number of hydrogen-bond donors (Lipinski definition) is 1. The molecule has 0 aliphatic carbocycles. The lowest BCUT2D eigenvalue weighted by atomic mass is 9.93. The normalized spacial score (nSPS) is 12.6. The molecular weight excluding hydrogens is 300 g/mol. The van der Waals surface area contributed by atoms with Crippen molar-refractivity contribution < 1.29 is 5.11 Å². The van der Waals surface area contributed by atoms with Crippen LogP contribution < -0.4 is 0 Å². The molecule has 0 aliphatic rings. The summed E-state index contributed by atoms with van der Waals surface area (Å²) in [5.74, 6) is 0.299. The number of benzene rings is 1. The van der Waals surface area contributed by atoms with Crippen molar-refractivity contribution in [1.82, 2.24) is 0 Å². The van der Waals surface area contributed by atoms with Gasteiger partial charge in [0, 0.05) is 17.0 Å². The molecule has 1 rings (SSSR count). The fourth-order valence-electron chi connectivity index (χ4n) is 2.47. The zero-order valence-corrected chi connectivity index (χ0v) is 13.7. The van der Waals surface area contributed by atoms with E-state index in [0.29, 0.717) is 5.92 Å². The predicted molar refractivity (Wildman–Crippen MR) is 86.6 cm³/mol. The number of unbranched alkanes of at least 4 members (excludes halogenated alkanes) is 6. The van der Waals surface area contributed by atoms with E-state index in [0.717, 1.165) is 10.9 Å². The molecule has 1 atom stereocenters. The molecule has 0 spiro atoms. The summed E-state index contributed by atoms with van der Waals surface area (Å²) in [5, 5.41) is 9.53. The van der Waals surface area contributed by atoms with Gasteiger partial charge in [-0.1, -0.05) is 79.9 Å². The fourth-order valence-corrected chi connectivity index (χ4v) is 2.89. The Morgan fingerprint density at radius 2 is 1.74 bits per heavy atom. The topological polar surface area (TPSA) is 20.2 Å². The highest BCUT2D eigenvalue weighted by Crippen LogP contribution is 2.25. The molecule has 0 bridgehead atoms. The maximum absolute atomic E-state index is 9.53. The van der Waals surface area contributed by atoms with Gasteiger partial charge >= 0.3 is 0 Å². The molecule has 108 valence electrons. The Kier molecular flexibility index (Phi) is 9.19. The first-order chi connectivity index (χ1) is 9.27. The molecule has 0 radical (unpaired) electrons. The van der Waals surface area contributed by atoms with Crippen LogP contribution in [0, 0.1) is 0 Å². The summed E-state index contributed by atoms with van der Waals surface area (Å²) in [4.78, 5) is 0. The highest BCUT2D eigenvalue weighted by Gasteiger charge is 2.10. The summed E-state index contributed by atoms with van der Waals surface area (Å²) in [7, 11) is 0.